The monoisotopic (exact) mass is 264 g/mol. The lowest BCUT2D eigenvalue weighted by Crippen LogP contribution is -2.39. The Bertz CT molecular complexity index is 424. The van der Waals surface area contributed by atoms with E-state index >= 15 is 0 Å². The summed E-state index contributed by atoms with van der Waals surface area (Å²) in [6, 6.07) is 6.64. The first-order chi connectivity index (χ1) is 8.33. The third-order valence-electron chi connectivity index (χ3n) is 2.59. The molecule has 1 amide bonds. The van der Waals surface area contributed by atoms with E-state index in [1.807, 2.05) is 0 Å². The van der Waals surface area contributed by atoms with Gasteiger partial charge in [0.1, 0.15) is 6.04 Å². The highest BCUT2D eigenvalue weighted by Crippen LogP contribution is 2.16. The first-order valence-electron chi connectivity index (χ1n) is 6.04. The van der Waals surface area contributed by atoms with Gasteiger partial charge in [0.05, 0.1) is 8.07 Å². The zero-order valence-corrected chi connectivity index (χ0v) is 12.4. The van der Waals surface area contributed by atoms with Crippen LogP contribution in [0, 0.1) is 4.91 Å². The van der Waals surface area contributed by atoms with Crippen molar-refractivity contribution in [2.45, 2.75) is 32.6 Å². The summed E-state index contributed by atoms with van der Waals surface area (Å²) in [5, 5.41) is 5.90. The fourth-order valence-electron chi connectivity index (χ4n) is 1.42. The average Bonchev–Trinajstić information content (AvgIpc) is 2.34. The zero-order valence-electron chi connectivity index (χ0n) is 11.4. The maximum Gasteiger partial charge on any atom is 0.251 e. The molecule has 0 saturated carbocycles. The number of carbonyl (C=O) groups excluding carboxylic acids is 1. The maximum atomic E-state index is 11.9. The van der Waals surface area contributed by atoms with Crippen LogP contribution in [0.15, 0.2) is 29.4 Å². The van der Waals surface area contributed by atoms with E-state index in [1.165, 1.54) is 0 Å². The van der Waals surface area contributed by atoms with E-state index in [4.69, 9.17) is 0 Å². The summed E-state index contributed by atoms with van der Waals surface area (Å²) < 4.78 is 0. The van der Waals surface area contributed by atoms with E-state index in [2.05, 4.69) is 30.1 Å². The summed E-state index contributed by atoms with van der Waals surface area (Å²) in [6.07, 6.45) is 0.764. The van der Waals surface area contributed by atoms with Gasteiger partial charge in [0.15, 0.2) is 0 Å². The molecule has 1 aromatic rings. The van der Waals surface area contributed by atoms with Crippen molar-refractivity contribution >= 4 is 14.0 Å². The van der Waals surface area contributed by atoms with Crippen LogP contribution in [0.1, 0.15) is 28.9 Å². The molecule has 0 aliphatic carbocycles. The van der Waals surface area contributed by atoms with Gasteiger partial charge in [-0.3, -0.25) is 4.79 Å². The van der Waals surface area contributed by atoms with E-state index in [-0.39, 0.29) is 11.9 Å². The molecule has 0 heterocycles. The number of hydrogen-bond donors (Lipinski definition) is 1. The van der Waals surface area contributed by atoms with Crippen molar-refractivity contribution in [3.8, 4) is 0 Å². The van der Waals surface area contributed by atoms with Gasteiger partial charge >= 0.3 is 0 Å². The number of rotatable bonds is 5. The molecule has 0 bridgehead atoms. The first-order valence-corrected chi connectivity index (χ1v) is 9.75. The Kier molecular flexibility index (Phi) is 4.78. The van der Waals surface area contributed by atoms with Gasteiger partial charge in [0.2, 0.25) is 0 Å². The fourth-order valence-corrected chi connectivity index (χ4v) is 2.11. The Morgan fingerprint density at radius 3 is 2.28 bits per heavy atom. The number of benzene rings is 1. The summed E-state index contributed by atoms with van der Waals surface area (Å²) in [5.74, 6) is -0.0595. The standard InChI is InChI=1S/C13H20N2O2Si/c1-10(15-17)11-5-7-12(8-6-11)13(16)14-9-18(2,3)4/h5-8,10H,9H2,1-4H3,(H,14,16). The number of nitrogens with zero attached hydrogens (tertiary/aromatic N) is 1. The summed E-state index contributed by atoms with van der Waals surface area (Å²) in [4.78, 5) is 22.3. The maximum absolute atomic E-state index is 11.9. The van der Waals surface area contributed by atoms with Crippen LogP contribution < -0.4 is 5.32 Å². The Morgan fingerprint density at radius 2 is 1.83 bits per heavy atom. The molecule has 0 aliphatic heterocycles. The predicted molar refractivity (Wildman–Crippen MR) is 76.3 cm³/mol. The molecule has 4 nitrogen and oxygen atoms in total. The van der Waals surface area contributed by atoms with Crippen molar-refractivity contribution in [3.05, 3.63) is 40.3 Å². The molecule has 0 radical (unpaired) electrons. The van der Waals surface area contributed by atoms with Crippen LogP contribution in [0.5, 0.6) is 0 Å². The van der Waals surface area contributed by atoms with Gasteiger partial charge in [-0.1, -0.05) is 37.0 Å². The average molecular weight is 264 g/mol. The Morgan fingerprint density at radius 1 is 1.28 bits per heavy atom. The normalized spacial score (nSPS) is 12.9. The van der Waals surface area contributed by atoms with Crippen LogP contribution in [0.3, 0.4) is 0 Å². The second kappa shape index (κ2) is 5.91. The van der Waals surface area contributed by atoms with Crippen molar-refractivity contribution in [2.24, 2.45) is 5.18 Å². The topological polar surface area (TPSA) is 58.5 Å². The van der Waals surface area contributed by atoms with Gasteiger partial charge in [0, 0.05) is 11.7 Å². The smallest absolute Gasteiger partial charge is 0.251 e. The molecule has 98 valence electrons. The van der Waals surface area contributed by atoms with E-state index < -0.39 is 8.07 Å². The number of nitroso groups, excluding NO2 is 1. The zero-order chi connectivity index (χ0) is 13.8. The Balaban J connectivity index is 2.68. The predicted octanol–water partition coefficient (Wildman–Crippen LogP) is 3.12. The number of hydrogen-bond acceptors (Lipinski definition) is 3. The summed E-state index contributed by atoms with van der Waals surface area (Å²) in [6.45, 7) is 8.34. The van der Waals surface area contributed by atoms with E-state index in [1.54, 1.807) is 31.2 Å². The summed E-state index contributed by atoms with van der Waals surface area (Å²) >= 11 is 0. The SMILES string of the molecule is CC(N=O)c1ccc(C(=O)NC[Si](C)(C)C)cc1. The molecule has 0 fully saturated rings. The fraction of sp³-hybridized carbons (Fsp3) is 0.462. The molecule has 18 heavy (non-hydrogen) atoms. The lowest BCUT2D eigenvalue weighted by molar-refractivity contribution is 0.0959. The van der Waals surface area contributed by atoms with Gasteiger partial charge in [-0.05, 0) is 24.6 Å². The third kappa shape index (κ3) is 4.41. The van der Waals surface area contributed by atoms with Gasteiger partial charge in [0.25, 0.3) is 5.91 Å². The molecule has 1 rings (SSSR count). The highest BCUT2D eigenvalue weighted by Gasteiger charge is 2.15. The van der Waals surface area contributed by atoms with E-state index in [0.29, 0.717) is 5.56 Å². The van der Waals surface area contributed by atoms with Crippen LogP contribution in [0.2, 0.25) is 19.6 Å². The van der Waals surface area contributed by atoms with Crippen molar-refractivity contribution < 1.29 is 4.79 Å². The van der Waals surface area contributed by atoms with Crippen LogP contribution >= 0.6 is 0 Å². The molecule has 1 N–H and O–H groups in total. The van der Waals surface area contributed by atoms with Crippen LogP contribution in [0.25, 0.3) is 0 Å². The molecule has 1 unspecified atom stereocenters. The second-order valence-corrected chi connectivity index (χ2v) is 11.1. The van der Waals surface area contributed by atoms with Gasteiger partial charge in [-0.2, -0.15) is 4.91 Å². The van der Waals surface area contributed by atoms with Gasteiger partial charge in [-0.25, -0.2) is 0 Å². The molecule has 0 aromatic heterocycles. The second-order valence-electron chi connectivity index (χ2n) is 5.65. The highest BCUT2D eigenvalue weighted by atomic mass is 28.3. The van der Waals surface area contributed by atoms with E-state index in [9.17, 15) is 9.70 Å². The molecule has 0 aliphatic rings. The minimum atomic E-state index is -1.28. The van der Waals surface area contributed by atoms with E-state index in [0.717, 1.165) is 11.7 Å². The lowest BCUT2D eigenvalue weighted by atomic mass is 10.1. The largest absolute Gasteiger partial charge is 0.355 e. The van der Waals surface area contributed by atoms with Crippen molar-refractivity contribution in [1.82, 2.24) is 5.32 Å². The molecule has 1 atom stereocenters. The van der Waals surface area contributed by atoms with Crippen molar-refractivity contribution in [3.63, 3.8) is 0 Å². The van der Waals surface area contributed by atoms with Crippen molar-refractivity contribution in [1.29, 1.82) is 0 Å². The van der Waals surface area contributed by atoms with Gasteiger partial charge < -0.3 is 5.32 Å². The number of amides is 1. The molecule has 5 heteroatoms. The quantitative estimate of drug-likeness (QED) is 0.656. The number of nitrogens with one attached hydrogen (secondary N) is 1. The molecular weight excluding hydrogens is 244 g/mol. The van der Waals surface area contributed by atoms with Gasteiger partial charge in [-0.15, -0.1) is 0 Å². The number of carbonyl (C=O) groups is 1. The molecule has 0 saturated heterocycles. The van der Waals surface area contributed by atoms with Crippen LogP contribution in [0.4, 0.5) is 0 Å². The first kappa shape index (κ1) is 14.6. The van der Waals surface area contributed by atoms with Crippen LogP contribution in [-0.2, 0) is 0 Å². The molecule has 1 aromatic carbocycles. The molecular formula is C13H20N2O2Si. The summed E-state index contributed by atoms with van der Waals surface area (Å²) in [7, 11) is -1.28. The minimum Gasteiger partial charge on any atom is -0.355 e. The highest BCUT2D eigenvalue weighted by molar-refractivity contribution is 6.76. The van der Waals surface area contributed by atoms with Crippen LogP contribution in [-0.4, -0.2) is 20.1 Å². The Labute approximate surface area is 109 Å². The molecule has 0 spiro atoms. The Hall–Kier alpha value is -1.49. The van der Waals surface area contributed by atoms with Crippen molar-refractivity contribution in [2.75, 3.05) is 6.17 Å². The third-order valence-corrected chi connectivity index (χ3v) is 3.83. The minimum absolute atomic E-state index is 0.0595. The summed E-state index contributed by atoms with van der Waals surface area (Å²) in [5.41, 5.74) is 1.45. The lowest BCUT2D eigenvalue weighted by Gasteiger charge is -2.16.